The van der Waals surface area contributed by atoms with Gasteiger partial charge in [0.15, 0.2) is 5.75 Å². The van der Waals surface area contributed by atoms with Crippen molar-refractivity contribution < 1.29 is 14.3 Å². The number of aromatic nitrogens is 1. The molecule has 0 bridgehead atoms. The SMILES string of the molecule is CCOC(=O)c1cc2c3c(cccn3c1=O)OC=C2. The number of esters is 1. The lowest BCUT2D eigenvalue weighted by Gasteiger charge is -2.14. The van der Waals surface area contributed by atoms with Gasteiger partial charge in [0.25, 0.3) is 5.56 Å². The summed E-state index contributed by atoms with van der Waals surface area (Å²) in [7, 11) is 0. The van der Waals surface area contributed by atoms with Gasteiger partial charge < -0.3 is 9.47 Å². The lowest BCUT2D eigenvalue weighted by Crippen LogP contribution is -2.24. The van der Waals surface area contributed by atoms with Gasteiger partial charge >= 0.3 is 5.97 Å². The molecule has 96 valence electrons. The molecule has 5 heteroatoms. The molecule has 2 aromatic rings. The van der Waals surface area contributed by atoms with E-state index in [1.807, 2.05) is 0 Å². The molecule has 0 saturated heterocycles. The predicted molar refractivity (Wildman–Crippen MR) is 69.3 cm³/mol. The zero-order valence-electron chi connectivity index (χ0n) is 10.3. The first kappa shape index (κ1) is 11.5. The van der Waals surface area contributed by atoms with E-state index in [0.29, 0.717) is 11.3 Å². The highest BCUT2D eigenvalue weighted by Crippen LogP contribution is 2.27. The normalized spacial score (nSPS) is 12.3. The Hall–Kier alpha value is -2.56. The lowest BCUT2D eigenvalue weighted by molar-refractivity contribution is 0.0524. The fourth-order valence-corrected chi connectivity index (χ4v) is 2.11. The van der Waals surface area contributed by atoms with Crippen LogP contribution in [0, 0.1) is 0 Å². The third-order valence-electron chi connectivity index (χ3n) is 2.92. The van der Waals surface area contributed by atoms with Crippen LogP contribution >= 0.6 is 0 Å². The van der Waals surface area contributed by atoms with Crippen LogP contribution in [-0.2, 0) is 4.74 Å². The fourth-order valence-electron chi connectivity index (χ4n) is 2.11. The quantitative estimate of drug-likeness (QED) is 0.770. The summed E-state index contributed by atoms with van der Waals surface area (Å²) in [6.45, 7) is 1.93. The molecule has 0 aliphatic carbocycles. The summed E-state index contributed by atoms with van der Waals surface area (Å²) in [5, 5.41) is 0. The Bertz CT molecular complexity index is 758. The monoisotopic (exact) mass is 257 g/mol. The first-order valence-corrected chi connectivity index (χ1v) is 5.91. The molecule has 1 aliphatic rings. The van der Waals surface area contributed by atoms with Crippen molar-refractivity contribution in [2.45, 2.75) is 6.92 Å². The average Bonchev–Trinajstić information content (AvgIpc) is 2.43. The Balaban J connectivity index is 2.34. The number of hydrogen-bond donors (Lipinski definition) is 0. The van der Waals surface area contributed by atoms with Crippen LogP contribution in [0.3, 0.4) is 0 Å². The van der Waals surface area contributed by atoms with E-state index in [4.69, 9.17) is 9.47 Å². The van der Waals surface area contributed by atoms with Crippen LogP contribution < -0.4 is 10.3 Å². The highest BCUT2D eigenvalue weighted by molar-refractivity contribution is 5.92. The zero-order chi connectivity index (χ0) is 13.4. The van der Waals surface area contributed by atoms with Gasteiger partial charge in [-0.25, -0.2) is 4.79 Å². The molecule has 0 atom stereocenters. The maximum atomic E-state index is 12.3. The van der Waals surface area contributed by atoms with Gasteiger partial charge in [0.1, 0.15) is 5.56 Å². The second-order valence-electron chi connectivity index (χ2n) is 4.05. The smallest absolute Gasteiger partial charge is 0.343 e. The molecule has 3 rings (SSSR count). The van der Waals surface area contributed by atoms with Gasteiger partial charge in [-0.1, -0.05) is 0 Å². The Morgan fingerprint density at radius 2 is 2.32 bits per heavy atom. The van der Waals surface area contributed by atoms with Crippen LogP contribution in [0.15, 0.2) is 35.5 Å². The number of rotatable bonds is 2. The van der Waals surface area contributed by atoms with Gasteiger partial charge in [0, 0.05) is 11.8 Å². The molecule has 5 nitrogen and oxygen atoms in total. The first-order chi connectivity index (χ1) is 9.22. The molecule has 0 amide bonds. The van der Waals surface area contributed by atoms with Crippen LogP contribution in [0.25, 0.3) is 11.6 Å². The van der Waals surface area contributed by atoms with Crippen molar-refractivity contribution in [3.63, 3.8) is 0 Å². The summed E-state index contributed by atoms with van der Waals surface area (Å²) in [6, 6.07) is 5.01. The van der Waals surface area contributed by atoms with E-state index in [0.717, 1.165) is 5.56 Å². The number of pyridine rings is 2. The molecule has 2 aromatic heterocycles. The molecule has 0 spiro atoms. The number of carbonyl (C=O) groups is 1. The van der Waals surface area contributed by atoms with Crippen LogP contribution in [0.1, 0.15) is 22.8 Å². The van der Waals surface area contributed by atoms with Crippen LogP contribution in [0.4, 0.5) is 0 Å². The number of ether oxygens (including phenoxy) is 2. The second-order valence-corrected chi connectivity index (χ2v) is 4.05. The minimum Gasteiger partial charge on any atom is -0.463 e. The van der Waals surface area contributed by atoms with Crippen molar-refractivity contribution in [3.05, 3.63) is 52.1 Å². The summed E-state index contributed by atoms with van der Waals surface area (Å²) in [5.74, 6) is -0.0176. The van der Waals surface area contributed by atoms with Crippen LogP contribution in [0.2, 0.25) is 0 Å². The molecule has 0 N–H and O–H groups in total. The molecule has 0 radical (unpaired) electrons. The van der Waals surface area contributed by atoms with Crippen molar-refractivity contribution in [2.75, 3.05) is 6.61 Å². The molecule has 0 unspecified atom stereocenters. The van der Waals surface area contributed by atoms with E-state index in [1.54, 1.807) is 31.3 Å². The zero-order valence-corrected chi connectivity index (χ0v) is 10.3. The molecule has 1 aliphatic heterocycles. The number of carbonyl (C=O) groups excluding carboxylic acids is 1. The number of hydrogen-bond acceptors (Lipinski definition) is 4. The van der Waals surface area contributed by atoms with Crippen molar-refractivity contribution in [1.82, 2.24) is 4.40 Å². The van der Waals surface area contributed by atoms with Crippen molar-refractivity contribution >= 4 is 17.6 Å². The summed E-state index contributed by atoms with van der Waals surface area (Å²) in [5.41, 5.74) is 1.03. The van der Waals surface area contributed by atoms with E-state index in [9.17, 15) is 9.59 Å². The van der Waals surface area contributed by atoms with Gasteiger partial charge in [-0.15, -0.1) is 0 Å². The topological polar surface area (TPSA) is 57.0 Å². The van der Waals surface area contributed by atoms with Gasteiger partial charge in [-0.05, 0) is 31.2 Å². The summed E-state index contributed by atoms with van der Waals surface area (Å²) in [4.78, 5) is 24.1. The van der Waals surface area contributed by atoms with Gasteiger partial charge in [0.05, 0.1) is 18.4 Å². The molecule has 19 heavy (non-hydrogen) atoms. The average molecular weight is 257 g/mol. The van der Waals surface area contributed by atoms with Crippen LogP contribution in [0.5, 0.6) is 5.75 Å². The van der Waals surface area contributed by atoms with Gasteiger partial charge in [-0.3, -0.25) is 9.20 Å². The minimum absolute atomic E-state index is 0.0260. The van der Waals surface area contributed by atoms with Crippen molar-refractivity contribution in [3.8, 4) is 5.75 Å². The Morgan fingerprint density at radius 1 is 1.47 bits per heavy atom. The van der Waals surface area contributed by atoms with E-state index < -0.39 is 11.5 Å². The standard InChI is InChI=1S/C14H11NO4/c1-2-18-14(17)10-8-9-5-7-19-11-4-3-6-15(12(9)11)13(10)16/h3-8H,2H2,1H3. The minimum atomic E-state index is -0.608. The summed E-state index contributed by atoms with van der Waals surface area (Å²) in [6.07, 6.45) is 4.84. The van der Waals surface area contributed by atoms with Gasteiger partial charge in [0.2, 0.25) is 0 Å². The third kappa shape index (κ3) is 1.71. The van der Waals surface area contributed by atoms with Gasteiger partial charge in [-0.2, -0.15) is 0 Å². The summed E-state index contributed by atoms with van der Waals surface area (Å²) >= 11 is 0. The third-order valence-corrected chi connectivity index (χ3v) is 2.92. The molecular weight excluding hydrogens is 246 g/mol. The fraction of sp³-hybridized carbons (Fsp3) is 0.143. The maximum absolute atomic E-state index is 12.3. The van der Waals surface area contributed by atoms with E-state index in [2.05, 4.69) is 0 Å². The highest BCUT2D eigenvalue weighted by Gasteiger charge is 2.19. The molecule has 0 fully saturated rings. The summed E-state index contributed by atoms with van der Waals surface area (Å²) < 4.78 is 11.6. The van der Waals surface area contributed by atoms with Crippen molar-refractivity contribution in [1.29, 1.82) is 0 Å². The predicted octanol–water partition coefficient (Wildman–Crippen LogP) is 1.84. The van der Waals surface area contributed by atoms with Crippen molar-refractivity contribution in [2.24, 2.45) is 0 Å². The lowest BCUT2D eigenvalue weighted by atomic mass is 10.1. The van der Waals surface area contributed by atoms with E-state index in [1.165, 1.54) is 16.7 Å². The Labute approximate surface area is 108 Å². The Morgan fingerprint density at radius 3 is 3.11 bits per heavy atom. The maximum Gasteiger partial charge on any atom is 0.343 e. The molecule has 0 saturated carbocycles. The molecule has 3 heterocycles. The van der Waals surface area contributed by atoms with Crippen LogP contribution in [-0.4, -0.2) is 17.0 Å². The Kier molecular flexibility index (Phi) is 2.59. The first-order valence-electron chi connectivity index (χ1n) is 5.91. The van der Waals surface area contributed by atoms with E-state index in [-0.39, 0.29) is 12.2 Å². The highest BCUT2D eigenvalue weighted by atomic mass is 16.5. The molecule has 0 aromatic carbocycles. The molecular formula is C14H11NO4. The van der Waals surface area contributed by atoms with E-state index >= 15 is 0 Å². The second kappa shape index (κ2) is 4.28. The largest absolute Gasteiger partial charge is 0.463 e. The number of nitrogens with zero attached hydrogens (tertiary/aromatic N) is 1.